The van der Waals surface area contributed by atoms with Crippen molar-refractivity contribution in [3.05, 3.63) is 76.3 Å². The van der Waals surface area contributed by atoms with Crippen molar-refractivity contribution in [2.45, 2.75) is 23.0 Å². The molecule has 0 heterocycles. The second-order valence-electron chi connectivity index (χ2n) is 4.39. The fourth-order valence-electron chi connectivity index (χ4n) is 1.35. The third-order valence-electron chi connectivity index (χ3n) is 2.23. The van der Waals surface area contributed by atoms with E-state index in [1.807, 2.05) is 51.0 Å². The summed E-state index contributed by atoms with van der Waals surface area (Å²) in [5, 5.41) is 0. The molecule has 2 fully saturated rings. The topological polar surface area (TPSA) is 0 Å². The van der Waals surface area contributed by atoms with E-state index in [9.17, 15) is 0 Å². The summed E-state index contributed by atoms with van der Waals surface area (Å²) in [6, 6.07) is 0. The van der Waals surface area contributed by atoms with E-state index in [2.05, 4.69) is 36.1 Å². The van der Waals surface area contributed by atoms with Crippen LogP contribution in [-0.2, 0) is 17.1 Å². The molecule has 0 aromatic rings. The first kappa shape index (κ1) is 23.7. The van der Waals surface area contributed by atoms with Crippen molar-refractivity contribution >= 4 is 34.3 Å². The largest absolute Gasteiger partial charge is 2.00 e. The van der Waals surface area contributed by atoms with Gasteiger partial charge in [-0.25, -0.2) is 12.2 Å². The first-order chi connectivity index (χ1) is 9.07. The van der Waals surface area contributed by atoms with Crippen LogP contribution in [0.5, 0.6) is 0 Å². The third kappa shape index (κ3) is 15.8. The molecule has 2 saturated carbocycles. The maximum absolute atomic E-state index is 5.47. The van der Waals surface area contributed by atoms with E-state index in [1.54, 1.807) is 0 Å². The molecule has 0 unspecified atom stereocenters. The van der Waals surface area contributed by atoms with E-state index in [0.717, 1.165) is 6.32 Å². The Morgan fingerprint density at radius 2 is 1.65 bits per heavy atom. The van der Waals surface area contributed by atoms with Crippen LogP contribution >= 0.6 is 8.92 Å². The van der Waals surface area contributed by atoms with Gasteiger partial charge >= 0.3 is 54.5 Å². The van der Waals surface area contributed by atoms with Gasteiger partial charge in [0.15, 0.2) is 0 Å². The third-order valence-corrected chi connectivity index (χ3v) is 2.23. The Labute approximate surface area is 149 Å². The molecule has 106 valence electrons. The molecule has 0 spiro atoms. The Morgan fingerprint density at radius 1 is 1.20 bits per heavy atom. The molecule has 0 amide bonds. The number of hydrogen-bond acceptors (Lipinski definition) is 0. The van der Waals surface area contributed by atoms with Crippen LogP contribution in [0.4, 0.5) is 0 Å². The fourth-order valence-corrected chi connectivity index (χ4v) is 1.35. The van der Waals surface area contributed by atoms with Crippen LogP contribution in [0.3, 0.4) is 0 Å². The molecule has 2 rings (SSSR count). The molecule has 0 bridgehead atoms. The summed E-state index contributed by atoms with van der Waals surface area (Å²) in [6.45, 7) is 6.46. The zero-order valence-electron chi connectivity index (χ0n) is 12.4. The summed E-state index contributed by atoms with van der Waals surface area (Å²) in [4.78, 5) is 4.26. The minimum absolute atomic E-state index is 0. The Hall–Kier alpha value is 1.41. The molecule has 2 aliphatic rings. The Kier molecular flexibility index (Phi) is 19.9. The van der Waals surface area contributed by atoms with Gasteiger partial charge in [0.25, 0.3) is 0 Å². The number of rotatable bonds is 3. The van der Waals surface area contributed by atoms with Crippen LogP contribution in [0.1, 0.15) is 0 Å². The van der Waals surface area contributed by atoms with Gasteiger partial charge in [-0.15, -0.1) is 6.58 Å². The average molecular weight is 435 g/mol. The van der Waals surface area contributed by atoms with Crippen LogP contribution in [0.15, 0.2) is 12.7 Å². The standard InChI is InChI=1S/C9H11B.C5H5.2CH3.ClH.Fe.Sn/c1-3-8-10(2)9-6-4-5-7-9;1-2-4-5-3-1;;;;;/h3-6H,1,8H2,2H3;1-5H;2*1H3;1H;;/q-1;;;;;2*+2/p-1. The van der Waals surface area contributed by atoms with Crippen LogP contribution in [0.25, 0.3) is 0 Å². The van der Waals surface area contributed by atoms with Crippen LogP contribution < -0.4 is 0 Å². The van der Waals surface area contributed by atoms with Gasteiger partial charge in [0.1, 0.15) is 6.71 Å². The van der Waals surface area contributed by atoms with Gasteiger partial charge in [-0.3, -0.25) is 0 Å². The van der Waals surface area contributed by atoms with E-state index in [-0.39, 0.29) is 17.1 Å². The molecule has 0 aromatic carbocycles. The van der Waals surface area contributed by atoms with Gasteiger partial charge in [-0.2, -0.15) is 0 Å². The van der Waals surface area contributed by atoms with E-state index in [4.69, 9.17) is 8.92 Å². The van der Waals surface area contributed by atoms with Gasteiger partial charge in [0, 0.05) is 0 Å². The zero-order chi connectivity index (χ0) is 14.5. The van der Waals surface area contributed by atoms with Crippen LogP contribution in [-0.4, -0.2) is 25.3 Å². The predicted octanol–water partition coefficient (Wildman–Crippen LogP) is 4.61. The minimum atomic E-state index is -1.07. The van der Waals surface area contributed by atoms with Gasteiger partial charge in [0.2, 0.25) is 0 Å². The summed E-state index contributed by atoms with van der Waals surface area (Å²) in [5.41, 5.74) is 0. The first-order valence-corrected chi connectivity index (χ1v) is 15.8. The Balaban J connectivity index is 0. The van der Waals surface area contributed by atoms with Crippen molar-refractivity contribution in [3.8, 4) is 0 Å². The second-order valence-corrected chi connectivity index (χ2v) is 14.5. The SMILES string of the molecule is C=CCB(C)[C]1[C-][CH][CH][CH]1.[CH3][Sn+]([CH3])[Cl].[CH]1[CH][CH][CH][CH]1.[Fe+2]. The number of halogens is 1. The van der Waals surface area contributed by atoms with Gasteiger partial charge in [-0.05, 0) is 32.1 Å². The summed E-state index contributed by atoms with van der Waals surface area (Å²) in [6.07, 6.45) is 22.2. The van der Waals surface area contributed by atoms with E-state index >= 15 is 0 Å². The maximum Gasteiger partial charge on any atom is 2.00 e. The van der Waals surface area contributed by atoms with Crippen LogP contribution in [0.2, 0.25) is 23.0 Å². The average Bonchev–Trinajstić information content (AvgIpc) is 3.05. The summed E-state index contributed by atoms with van der Waals surface area (Å²) < 4.78 is 0. The molecule has 0 nitrogen and oxygen atoms in total. The molecular formula is C16H22BClFeSn+2. The molecule has 4 heteroatoms. The smallest absolute Gasteiger partial charge is 0.0312 e. The van der Waals surface area contributed by atoms with Crippen molar-refractivity contribution < 1.29 is 17.1 Å². The van der Waals surface area contributed by atoms with Crippen molar-refractivity contribution in [2.75, 3.05) is 0 Å². The first-order valence-electron chi connectivity index (χ1n) is 6.44. The quantitative estimate of drug-likeness (QED) is 0.345. The molecule has 10 radical (unpaired) electrons. The Bertz CT molecular complexity index is 194. The van der Waals surface area contributed by atoms with Crippen molar-refractivity contribution in [3.63, 3.8) is 0 Å². The summed E-state index contributed by atoms with van der Waals surface area (Å²) in [7, 11) is 5.47. The normalized spacial score (nSPS) is 17.0. The summed E-state index contributed by atoms with van der Waals surface area (Å²) >= 11 is -1.07. The van der Waals surface area contributed by atoms with Crippen molar-refractivity contribution in [1.82, 2.24) is 0 Å². The van der Waals surface area contributed by atoms with Crippen molar-refractivity contribution in [2.24, 2.45) is 0 Å². The molecule has 2 aliphatic carbocycles. The zero-order valence-corrected chi connectivity index (χ0v) is 17.1. The fraction of sp³-hybridized carbons (Fsp3) is 0.250. The summed E-state index contributed by atoms with van der Waals surface area (Å²) in [5.74, 6) is 1.29. The molecule has 0 saturated heterocycles. The number of allylic oxidation sites excluding steroid dienone is 1. The van der Waals surface area contributed by atoms with E-state index in [1.165, 1.54) is 5.82 Å². The predicted molar refractivity (Wildman–Crippen MR) is 90.8 cm³/mol. The molecular weight excluding hydrogens is 413 g/mol. The Morgan fingerprint density at radius 3 is 1.95 bits per heavy atom. The molecule has 0 N–H and O–H groups in total. The molecule has 0 atom stereocenters. The minimum Gasteiger partial charge on any atom is -0.0312 e. The van der Waals surface area contributed by atoms with Crippen LogP contribution in [0, 0.1) is 63.6 Å². The number of hydrogen-bond donors (Lipinski definition) is 0. The molecule has 0 aliphatic heterocycles. The van der Waals surface area contributed by atoms with Gasteiger partial charge in [0.05, 0.1) is 0 Å². The van der Waals surface area contributed by atoms with Gasteiger partial charge < -0.3 is 6.42 Å². The molecule has 0 aromatic heterocycles. The molecule has 20 heavy (non-hydrogen) atoms. The second kappa shape index (κ2) is 16.8. The maximum atomic E-state index is 5.47. The monoisotopic (exact) mass is 436 g/mol. The van der Waals surface area contributed by atoms with Gasteiger partial charge in [-0.1, -0.05) is 32.1 Å². The van der Waals surface area contributed by atoms with Crippen molar-refractivity contribution in [1.29, 1.82) is 0 Å². The van der Waals surface area contributed by atoms with E-state index in [0.29, 0.717) is 6.71 Å². The van der Waals surface area contributed by atoms with E-state index < -0.39 is 18.6 Å².